The Kier molecular flexibility index (Phi) is 9.41. The normalized spacial score (nSPS) is 25.7. The van der Waals surface area contributed by atoms with E-state index in [0.717, 1.165) is 34.7 Å². The van der Waals surface area contributed by atoms with Crippen LogP contribution in [-0.4, -0.2) is 50.0 Å². The summed E-state index contributed by atoms with van der Waals surface area (Å²) in [4.78, 5) is 28.4. The first-order valence-corrected chi connectivity index (χ1v) is 18.0. The van der Waals surface area contributed by atoms with E-state index in [9.17, 15) is 18.0 Å². The molecule has 0 saturated heterocycles. The van der Waals surface area contributed by atoms with Gasteiger partial charge in [-0.1, -0.05) is 48.3 Å². The van der Waals surface area contributed by atoms with E-state index in [1.807, 2.05) is 26.0 Å². The number of sulfonamides is 1. The number of anilines is 1. The Morgan fingerprint density at radius 3 is 2.05 bits per heavy atom. The second-order valence-corrected chi connectivity index (χ2v) is 16.0. The zero-order valence-corrected chi connectivity index (χ0v) is 27.8. The number of halogens is 2. The minimum Gasteiger partial charge on any atom is -0.352 e. The Bertz CT molecular complexity index is 1430. The Hall–Kier alpha value is -2.29. The summed E-state index contributed by atoms with van der Waals surface area (Å²) in [5.74, 6) is 1.60. The molecular formula is C33H43Cl2N3O4S. The van der Waals surface area contributed by atoms with Crippen LogP contribution < -0.4 is 9.62 Å². The van der Waals surface area contributed by atoms with Gasteiger partial charge in [-0.3, -0.25) is 13.9 Å². The van der Waals surface area contributed by atoms with Crippen molar-refractivity contribution in [2.75, 3.05) is 17.1 Å². The maximum absolute atomic E-state index is 13.9. The standard InChI is InChI=1S/C33H43Cl2N3O4S/c1-5-21(2)36-32(40)22(3)37(19-23-6-11-29(34)30(35)15-23)31(39)20-38(43(4,41)42)28-9-7-27(8-10-28)33-16-24-12-25(17-33)14-26(13-24)18-33/h6-11,15,21-22,24-26H,5,12-14,16-20H2,1-4H3,(H,36,40). The van der Waals surface area contributed by atoms with Gasteiger partial charge >= 0.3 is 0 Å². The van der Waals surface area contributed by atoms with Crippen LogP contribution in [0.25, 0.3) is 0 Å². The summed E-state index contributed by atoms with van der Waals surface area (Å²) in [6, 6.07) is 11.9. The summed E-state index contributed by atoms with van der Waals surface area (Å²) in [6.07, 6.45) is 9.55. The summed E-state index contributed by atoms with van der Waals surface area (Å²) in [5.41, 5.74) is 2.59. The van der Waals surface area contributed by atoms with Crippen LogP contribution in [0.5, 0.6) is 0 Å². The minimum absolute atomic E-state index is 0.0629. The van der Waals surface area contributed by atoms with Gasteiger partial charge in [0.25, 0.3) is 0 Å². The van der Waals surface area contributed by atoms with E-state index < -0.39 is 28.5 Å². The van der Waals surface area contributed by atoms with Crippen molar-refractivity contribution < 1.29 is 18.0 Å². The van der Waals surface area contributed by atoms with Crippen LogP contribution in [0.3, 0.4) is 0 Å². The van der Waals surface area contributed by atoms with Crippen LogP contribution in [-0.2, 0) is 31.6 Å². The third kappa shape index (κ3) is 7.02. The van der Waals surface area contributed by atoms with Gasteiger partial charge in [-0.25, -0.2) is 8.42 Å². The van der Waals surface area contributed by atoms with Crippen molar-refractivity contribution in [1.29, 1.82) is 0 Å². The maximum Gasteiger partial charge on any atom is 0.244 e. The number of nitrogens with zero attached hydrogens (tertiary/aromatic N) is 2. The molecule has 10 heteroatoms. The number of carbonyl (C=O) groups is 2. The summed E-state index contributed by atoms with van der Waals surface area (Å²) in [7, 11) is -3.81. The molecule has 2 atom stereocenters. The lowest BCUT2D eigenvalue weighted by Gasteiger charge is -2.57. The lowest BCUT2D eigenvalue weighted by Crippen LogP contribution is -2.52. The van der Waals surface area contributed by atoms with Gasteiger partial charge in [0, 0.05) is 12.6 Å². The molecule has 2 amide bonds. The Labute approximate surface area is 266 Å². The molecule has 4 bridgehead atoms. The molecule has 4 fully saturated rings. The molecule has 0 spiro atoms. The van der Waals surface area contributed by atoms with E-state index in [1.54, 1.807) is 25.1 Å². The number of amides is 2. The van der Waals surface area contributed by atoms with Crippen LogP contribution in [0.4, 0.5) is 5.69 Å². The molecule has 0 heterocycles. The van der Waals surface area contributed by atoms with E-state index in [4.69, 9.17) is 23.2 Å². The summed E-state index contributed by atoms with van der Waals surface area (Å²) >= 11 is 12.3. The molecule has 2 unspecified atom stereocenters. The second kappa shape index (κ2) is 12.6. The number of hydrogen-bond donors (Lipinski definition) is 1. The van der Waals surface area contributed by atoms with Crippen molar-refractivity contribution in [3.8, 4) is 0 Å². The molecule has 2 aromatic carbocycles. The Morgan fingerprint density at radius 1 is 0.953 bits per heavy atom. The Balaban J connectivity index is 1.39. The number of benzene rings is 2. The summed E-state index contributed by atoms with van der Waals surface area (Å²) in [6.45, 7) is 5.14. The van der Waals surface area contributed by atoms with Gasteiger partial charge in [0.15, 0.2) is 0 Å². The summed E-state index contributed by atoms with van der Waals surface area (Å²) < 4.78 is 27.3. The number of nitrogens with one attached hydrogen (secondary N) is 1. The van der Waals surface area contributed by atoms with Gasteiger partial charge < -0.3 is 10.2 Å². The first-order chi connectivity index (χ1) is 20.3. The second-order valence-electron chi connectivity index (χ2n) is 13.3. The van der Waals surface area contributed by atoms with Crippen LogP contribution in [0.15, 0.2) is 42.5 Å². The highest BCUT2D eigenvalue weighted by Crippen LogP contribution is 2.60. The zero-order valence-electron chi connectivity index (χ0n) is 25.5. The number of rotatable bonds is 11. The highest BCUT2D eigenvalue weighted by Gasteiger charge is 2.51. The van der Waals surface area contributed by atoms with Crippen molar-refractivity contribution in [2.24, 2.45) is 17.8 Å². The number of carbonyl (C=O) groups excluding carboxylic acids is 2. The van der Waals surface area contributed by atoms with Crippen molar-refractivity contribution in [3.05, 3.63) is 63.6 Å². The molecular weight excluding hydrogens is 605 g/mol. The van der Waals surface area contributed by atoms with Gasteiger partial charge in [0.1, 0.15) is 12.6 Å². The van der Waals surface area contributed by atoms with Gasteiger partial charge in [-0.2, -0.15) is 0 Å². The third-order valence-electron chi connectivity index (χ3n) is 9.99. The average Bonchev–Trinajstić information content (AvgIpc) is 2.94. The molecule has 4 saturated carbocycles. The fraction of sp³-hybridized carbons (Fsp3) is 0.576. The first-order valence-electron chi connectivity index (χ1n) is 15.4. The molecule has 234 valence electrons. The molecule has 4 aliphatic carbocycles. The van der Waals surface area contributed by atoms with Gasteiger partial charge in [-0.15, -0.1) is 0 Å². The van der Waals surface area contributed by atoms with E-state index in [1.165, 1.54) is 49.0 Å². The monoisotopic (exact) mass is 647 g/mol. The fourth-order valence-corrected chi connectivity index (χ4v) is 9.11. The molecule has 43 heavy (non-hydrogen) atoms. The molecule has 2 aromatic rings. The van der Waals surface area contributed by atoms with Gasteiger partial charge in [0.2, 0.25) is 21.8 Å². The lowest BCUT2D eigenvalue weighted by molar-refractivity contribution is -0.139. The predicted molar refractivity (Wildman–Crippen MR) is 173 cm³/mol. The van der Waals surface area contributed by atoms with Crippen molar-refractivity contribution >= 4 is 50.7 Å². The molecule has 6 rings (SSSR count). The third-order valence-corrected chi connectivity index (χ3v) is 11.9. The highest BCUT2D eigenvalue weighted by atomic mass is 35.5. The fourth-order valence-electron chi connectivity index (χ4n) is 7.94. The van der Waals surface area contributed by atoms with E-state index in [2.05, 4.69) is 17.4 Å². The SMILES string of the molecule is CCC(C)NC(=O)C(C)N(Cc1ccc(Cl)c(Cl)c1)C(=O)CN(c1ccc(C23CC4CC(CC(C4)C2)C3)cc1)S(C)(=O)=O. The van der Waals surface area contributed by atoms with E-state index >= 15 is 0 Å². The van der Waals surface area contributed by atoms with E-state index in [-0.39, 0.29) is 23.9 Å². The minimum atomic E-state index is -3.81. The maximum atomic E-state index is 13.9. The van der Waals surface area contributed by atoms with Crippen molar-refractivity contribution in [1.82, 2.24) is 10.2 Å². The topological polar surface area (TPSA) is 86.8 Å². The van der Waals surface area contributed by atoms with Crippen LogP contribution in [0.2, 0.25) is 10.0 Å². The van der Waals surface area contributed by atoms with Crippen LogP contribution in [0.1, 0.15) is 76.8 Å². The van der Waals surface area contributed by atoms with Gasteiger partial charge in [-0.05, 0) is 117 Å². The first kappa shape index (κ1) is 32.1. The molecule has 4 aliphatic rings. The van der Waals surface area contributed by atoms with Crippen molar-refractivity contribution in [2.45, 2.75) is 89.8 Å². The largest absolute Gasteiger partial charge is 0.352 e. The van der Waals surface area contributed by atoms with Crippen LogP contribution in [0, 0.1) is 17.8 Å². The molecule has 0 aromatic heterocycles. The number of hydrogen-bond acceptors (Lipinski definition) is 4. The van der Waals surface area contributed by atoms with Gasteiger partial charge in [0.05, 0.1) is 22.0 Å². The quantitative estimate of drug-likeness (QED) is 0.299. The molecule has 7 nitrogen and oxygen atoms in total. The molecule has 0 radical (unpaired) electrons. The van der Waals surface area contributed by atoms with E-state index in [0.29, 0.717) is 21.3 Å². The molecule has 1 N–H and O–H groups in total. The predicted octanol–water partition coefficient (Wildman–Crippen LogP) is 6.56. The smallest absolute Gasteiger partial charge is 0.244 e. The highest BCUT2D eigenvalue weighted by molar-refractivity contribution is 7.92. The average molecular weight is 649 g/mol. The molecule has 0 aliphatic heterocycles. The zero-order chi connectivity index (χ0) is 31.1. The van der Waals surface area contributed by atoms with Crippen LogP contribution >= 0.6 is 23.2 Å². The lowest BCUT2D eigenvalue weighted by atomic mass is 9.48. The summed E-state index contributed by atoms with van der Waals surface area (Å²) in [5, 5.41) is 3.65. The Morgan fingerprint density at radius 2 is 1.53 bits per heavy atom. The van der Waals surface area contributed by atoms with Crippen molar-refractivity contribution in [3.63, 3.8) is 0 Å².